The van der Waals surface area contributed by atoms with Crippen LogP contribution in [0, 0.1) is 17.2 Å². The van der Waals surface area contributed by atoms with E-state index in [-0.39, 0.29) is 22.8 Å². The molecule has 0 amide bonds. The van der Waals surface area contributed by atoms with Gasteiger partial charge in [0.15, 0.2) is 0 Å². The summed E-state index contributed by atoms with van der Waals surface area (Å²) in [7, 11) is -3.81. The molecule has 1 rings (SSSR count). The summed E-state index contributed by atoms with van der Waals surface area (Å²) in [5.74, 6) is -0.619. The van der Waals surface area contributed by atoms with Crippen molar-refractivity contribution in [3.63, 3.8) is 0 Å². The molecular formula is C13H19BrFNO2S. The fraction of sp³-hybridized carbons (Fsp3) is 0.538. The molecule has 1 aromatic carbocycles. The highest BCUT2D eigenvalue weighted by molar-refractivity contribution is 9.10. The summed E-state index contributed by atoms with van der Waals surface area (Å²) in [6, 6.07) is 3.90. The molecule has 108 valence electrons. The van der Waals surface area contributed by atoms with E-state index in [1.807, 2.05) is 27.7 Å². The minimum absolute atomic E-state index is 0.0131. The third-order valence-corrected chi connectivity index (χ3v) is 5.19. The predicted octanol–water partition coefficient (Wildman–Crippen LogP) is 3.55. The van der Waals surface area contributed by atoms with Gasteiger partial charge in [-0.1, -0.05) is 43.6 Å². The molecule has 19 heavy (non-hydrogen) atoms. The van der Waals surface area contributed by atoms with Gasteiger partial charge in [0.1, 0.15) is 10.7 Å². The quantitative estimate of drug-likeness (QED) is 0.901. The molecule has 0 spiro atoms. The van der Waals surface area contributed by atoms with E-state index in [0.29, 0.717) is 4.47 Å². The Bertz CT molecular complexity index is 552. The Kier molecular flexibility index (Phi) is 5.15. The number of hydrogen-bond acceptors (Lipinski definition) is 2. The van der Waals surface area contributed by atoms with Crippen LogP contribution < -0.4 is 4.72 Å². The number of halogens is 2. The Labute approximate surface area is 122 Å². The largest absolute Gasteiger partial charge is 0.243 e. The highest BCUT2D eigenvalue weighted by Crippen LogP contribution is 2.25. The first-order valence-electron chi connectivity index (χ1n) is 5.99. The van der Waals surface area contributed by atoms with Gasteiger partial charge in [0.05, 0.1) is 0 Å². The van der Waals surface area contributed by atoms with Crippen molar-refractivity contribution in [2.45, 2.75) is 32.6 Å². The van der Waals surface area contributed by atoms with Crippen LogP contribution in [0.5, 0.6) is 0 Å². The molecule has 6 heteroatoms. The van der Waals surface area contributed by atoms with E-state index in [1.54, 1.807) is 0 Å². The fourth-order valence-electron chi connectivity index (χ4n) is 1.31. The number of sulfonamides is 1. The maximum atomic E-state index is 13.7. The molecule has 0 saturated heterocycles. The normalized spacial score (nSPS) is 14.4. The molecule has 0 aliphatic carbocycles. The van der Waals surface area contributed by atoms with Crippen LogP contribution in [0.1, 0.15) is 27.7 Å². The minimum Gasteiger partial charge on any atom is -0.211 e. The molecule has 0 bridgehead atoms. The van der Waals surface area contributed by atoms with E-state index in [4.69, 9.17) is 0 Å². The second-order valence-electron chi connectivity index (χ2n) is 5.69. The van der Waals surface area contributed by atoms with Crippen LogP contribution in [0.4, 0.5) is 4.39 Å². The number of benzene rings is 1. The molecule has 0 aliphatic heterocycles. The summed E-state index contributed by atoms with van der Waals surface area (Å²) in [4.78, 5) is -0.322. The second kappa shape index (κ2) is 5.89. The summed E-state index contributed by atoms with van der Waals surface area (Å²) in [6.45, 7) is 8.34. The molecule has 0 aromatic heterocycles. The maximum Gasteiger partial charge on any atom is 0.243 e. The van der Waals surface area contributed by atoms with Crippen LogP contribution in [0.25, 0.3) is 0 Å². The highest BCUT2D eigenvalue weighted by atomic mass is 79.9. The minimum atomic E-state index is -3.81. The average molecular weight is 352 g/mol. The zero-order valence-corrected chi connectivity index (χ0v) is 13.9. The molecule has 0 fully saturated rings. The van der Waals surface area contributed by atoms with E-state index in [2.05, 4.69) is 20.7 Å². The molecule has 1 unspecified atom stereocenters. The van der Waals surface area contributed by atoms with Crippen LogP contribution >= 0.6 is 15.9 Å². The standard InChI is InChI=1S/C13H19BrFNO2S/c1-9(13(2,3)4)8-16-19(17,18)12-6-5-10(14)7-11(12)15/h5-7,9,16H,8H2,1-4H3. The second-order valence-corrected chi connectivity index (χ2v) is 8.34. The van der Waals surface area contributed by atoms with Crippen molar-refractivity contribution < 1.29 is 12.8 Å². The van der Waals surface area contributed by atoms with E-state index in [1.165, 1.54) is 12.1 Å². The van der Waals surface area contributed by atoms with Gasteiger partial charge in [-0.05, 0) is 29.5 Å². The maximum absolute atomic E-state index is 13.7. The molecule has 1 atom stereocenters. The van der Waals surface area contributed by atoms with Crippen molar-refractivity contribution in [3.05, 3.63) is 28.5 Å². The van der Waals surface area contributed by atoms with Crippen molar-refractivity contribution in [1.29, 1.82) is 0 Å². The summed E-state index contributed by atoms with van der Waals surface area (Å²) in [6.07, 6.45) is 0. The summed E-state index contributed by atoms with van der Waals surface area (Å²) in [5.41, 5.74) is -0.0131. The van der Waals surface area contributed by atoms with Crippen LogP contribution in [-0.2, 0) is 10.0 Å². The van der Waals surface area contributed by atoms with Crippen LogP contribution in [0.15, 0.2) is 27.6 Å². The summed E-state index contributed by atoms with van der Waals surface area (Å²) < 4.78 is 40.7. The first-order valence-corrected chi connectivity index (χ1v) is 8.26. The lowest BCUT2D eigenvalue weighted by Gasteiger charge is -2.27. The van der Waals surface area contributed by atoms with Gasteiger partial charge in [-0.25, -0.2) is 17.5 Å². The van der Waals surface area contributed by atoms with Gasteiger partial charge >= 0.3 is 0 Å². The van der Waals surface area contributed by atoms with Crippen molar-refractivity contribution in [2.75, 3.05) is 6.54 Å². The Hall–Kier alpha value is -0.460. The molecule has 0 saturated carbocycles. The van der Waals surface area contributed by atoms with Gasteiger partial charge in [0, 0.05) is 11.0 Å². The highest BCUT2D eigenvalue weighted by Gasteiger charge is 2.24. The smallest absolute Gasteiger partial charge is 0.211 e. The number of nitrogens with one attached hydrogen (secondary N) is 1. The predicted molar refractivity (Wildman–Crippen MR) is 77.9 cm³/mol. The van der Waals surface area contributed by atoms with Gasteiger partial charge in [-0.15, -0.1) is 0 Å². The molecule has 1 aromatic rings. The molecule has 3 nitrogen and oxygen atoms in total. The lowest BCUT2D eigenvalue weighted by Crippen LogP contribution is -2.34. The zero-order chi connectivity index (χ0) is 14.8. The lowest BCUT2D eigenvalue weighted by molar-refractivity contribution is 0.263. The lowest BCUT2D eigenvalue weighted by atomic mass is 9.82. The van der Waals surface area contributed by atoms with Gasteiger partial charge in [0.2, 0.25) is 10.0 Å². The number of hydrogen-bond donors (Lipinski definition) is 1. The SMILES string of the molecule is CC(CNS(=O)(=O)c1ccc(Br)cc1F)C(C)(C)C. The van der Waals surface area contributed by atoms with Gasteiger partial charge in [-0.3, -0.25) is 0 Å². The van der Waals surface area contributed by atoms with E-state index < -0.39 is 15.8 Å². The van der Waals surface area contributed by atoms with Crippen molar-refractivity contribution in [2.24, 2.45) is 11.3 Å². The monoisotopic (exact) mass is 351 g/mol. The fourth-order valence-corrected chi connectivity index (χ4v) is 2.83. The first kappa shape index (κ1) is 16.6. The third-order valence-electron chi connectivity index (χ3n) is 3.24. The van der Waals surface area contributed by atoms with Crippen LogP contribution in [0.3, 0.4) is 0 Å². The zero-order valence-electron chi connectivity index (χ0n) is 11.5. The molecule has 1 N–H and O–H groups in total. The third kappa shape index (κ3) is 4.54. The molecule has 0 aliphatic rings. The van der Waals surface area contributed by atoms with Crippen molar-refractivity contribution >= 4 is 26.0 Å². The Balaban J connectivity index is 2.88. The number of rotatable bonds is 4. The molecular weight excluding hydrogens is 333 g/mol. The van der Waals surface area contributed by atoms with E-state index >= 15 is 0 Å². The Morgan fingerprint density at radius 1 is 1.37 bits per heavy atom. The summed E-state index contributed by atoms with van der Waals surface area (Å²) in [5, 5.41) is 0. The van der Waals surface area contributed by atoms with Crippen LogP contribution in [0.2, 0.25) is 0 Å². The van der Waals surface area contributed by atoms with E-state index in [0.717, 1.165) is 6.07 Å². The van der Waals surface area contributed by atoms with Gasteiger partial charge < -0.3 is 0 Å². The van der Waals surface area contributed by atoms with Crippen LogP contribution in [-0.4, -0.2) is 15.0 Å². The van der Waals surface area contributed by atoms with Crippen molar-refractivity contribution in [1.82, 2.24) is 4.72 Å². The first-order chi connectivity index (χ1) is 8.54. The van der Waals surface area contributed by atoms with E-state index in [9.17, 15) is 12.8 Å². The van der Waals surface area contributed by atoms with Gasteiger partial charge in [0.25, 0.3) is 0 Å². The summed E-state index contributed by atoms with van der Waals surface area (Å²) >= 11 is 3.10. The molecule has 0 radical (unpaired) electrons. The average Bonchev–Trinajstić information content (AvgIpc) is 2.24. The Morgan fingerprint density at radius 3 is 2.42 bits per heavy atom. The Morgan fingerprint density at radius 2 is 1.95 bits per heavy atom. The van der Waals surface area contributed by atoms with Gasteiger partial charge in [-0.2, -0.15) is 0 Å². The van der Waals surface area contributed by atoms with Crippen molar-refractivity contribution in [3.8, 4) is 0 Å². The molecule has 0 heterocycles. The topological polar surface area (TPSA) is 46.2 Å².